The Balaban J connectivity index is 1.79. The van der Waals surface area contributed by atoms with Crippen molar-refractivity contribution < 1.29 is 4.74 Å². The zero-order valence-corrected chi connectivity index (χ0v) is 14.6. The highest BCUT2D eigenvalue weighted by atomic mass is 79.9. The van der Waals surface area contributed by atoms with Gasteiger partial charge >= 0.3 is 0 Å². The fourth-order valence-electron chi connectivity index (χ4n) is 2.70. The normalized spacial score (nSPS) is 19.9. The highest BCUT2D eigenvalue weighted by Gasteiger charge is 2.27. The zero-order valence-electron chi connectivity index (χ0n) is 12.2. The molecule has 7 heteroatoms. The molecule has 0 aromatic carbocycles. The summed E-state index contributed by atoms with van der Waals surface area (Å²) in [5, 5.41) is 4.41. The standard InChI is InChI=1S/C14H19BrN4OS/c1-18-5-4-17-13(18)12-8-16-3-6-19(12)9-10-7-11(15)14(20-2)21-10/h4-5,7,12,16H,3,6,8-9H2,1-2H3. The summed E-state index contributed by atoms with van der Waals surface area (Å²) < 4.78 is 8.50. The smallest absolute Gasteiger partial charge is 0.188 e. The van der Waals surface area contributed by atoms with Crippen LogP contribution in [0.25, 0.3) is 0 Å². The lowest BCUT2D eigenvalue weighted by Gasteiger charge is -2.35. The summed E-state index contributed by atoms with van der Waals surface area (Å²) in [6.45, 7) is 3.90. The van der Waals surface area contributed by atoms with Crippen LogP contribution in [0.2, 0.25) is 0 Å². The van der Waals surface area contributed by atoms with Gasteiger partial charge in [-0.3, -0.25) is 4.90 Å². The lowest BCUT2D eigenvalue weighted by Crippen LogP contribution is -2.46. The second-order valence-electron chi connectivity index (χ2n) is 5.14. The van der Waals surface area contributed by atoms with Gasteiger partial charge in [-0.15, -0.1) is 11.3 Å². The maximum absolute atomic E-state index is 5.36. The molecule has 2 aromatic rings. The van der Waals surface area contributed by atoms with Crippen LogP contribution in [0.1, 0.15) is 16.7 Å². The maximum Gasteiger partial charge on any atom is 0.188 e. The van der Waals surface area contributed by atoms with Crippen LogP contribution >= 0.6 is 27.3 Å². The summed E-state index contributed by atoms with van der Waals surface area (Å²) in [7, 11) is 3.77. The van der Waals surface area contributed by atoms with Gasteiger partial charge in [0, 0.05) is 50.5 Å². The van der Waals surface area contributed by atoms with Crippen molar-refractivity contribution in [2.75, 3.05) is 26.7 Å². The van der Waals surface area contributed by atoms with E-state index in [2.05, 4.69) is 48.8 Å². The Morgan fingerprint density at radius 3 is 3.10 bits per heavy atom. The summed E-state index contributed by atoms with van der Waals surface area (Å²) in [5.74, 6) is 1.12. The van der Waals surface area contributed by atoms with Gasteiger partial charge in [-0.25, -0.2) is 4.98 Å². The molecule has 1 atom stereocenters. The molecule has 1 fully saturated rings. The third kappa shape index (κ3) is 3.15. The average Bonchev–Trinajstić information content (AvgIpc) is 3.05. The number of hydrogen-bond acceptors (Lipinski definition) is 5. The number of hydrogen-bond donors (Lipinski definition) is 1. The van der Waals surface area contributed by atoms with Gasteiger partial charge in [0.2, 0.25) is 0 Å². The Hall–Kier alpha value is -0.890. The maximum atomic E-state index is 5.36. The first-order chi connectivity index (χ1) is 10.2. The van der Waals surface area contributed by atoms with Gasteiger partial charge < -0.3 is 14.6 Å². The van der Waals surface area contributed by atoms with Crippen molar-refractivity contribution in [3.05, 3.63) is 33.6 Å². The van der Waals surface area contributed by atoms with Crippen LogP contribution in [0, 0.1) is 0 Å². The second-order valence-corrected chi connectivity index (χ2v) is 7.09. The predicted octanol–water partition coefficient (Wildman–Crippen LogP) is 2.40. The number of halogens is 1. The molecule has 0 aliphatic carbocycles. The third-order valence-corrected chi connectivity index (χ3v) is 5.69. The fraction of sp³-hybridized carbons (Fsp3) is 0.500. The van der Waals surface area contributed by atoms with Crippen molar-refractivity contribution in [3.8, 4) is 5.06 Å². The molecule has 1 aliphatic rings. The molecule has 1 saturated heterocycles. The van der Waals surface area contributed by atoms with Crippen LogP contribution in [0.4, 0.5) is 0 Å². The van der Waals surface area contributed by atoms with Gasteiger partial charge in [0.15, 0.2) is 5.06 Å². The number of nitrogens with zero attached hydrogens (tertiary/aromatic N) is 3. The Morgan fingerprint density at radius 2 is 2.43 bits per heavy atom. The molecule has 3 heterocycles. The SMILES string of the molecule is COc1sc(CN2CCNCC2c2nccn2C)cc1Br. The van der Waals surface area contributed by atoms with Gasteiger partial charge in [0.25, 0.3) is 0 Å². The lowest BCUT2D eigenvalue weighted by molar-refractivity contribution is 0.146. The molecule has 0 spiro atoms. The first kappa shape index (κ1) is 15.0. The van der Waals surface area contributed by atoms with Crippen molar-refractivity contribution in [3.63, 3.8) is 0 Å². The molecule has 1 N–H and O–H groups in total. The molecule has 1 aliphatic heterocycles. The molecule has 114 valence electrons. The molecule has 3 rings (SSSR count). The first-order valence-electron chi connectivity index (χ1n) is 6.93. The van der Waals surface area contributed by atoms with Gasteiger partial charge in [0.1, 0.15) is 5.82 Å². The number of imidazole rings is 1. The Bertz CT molecular complexity index is 612. The van der Waals surface area contributed by atoms with Gasteiger partial charge in [-0.2, -0.15) is 0 Å². The summed E-state index contributed by atoms with van der Waals surface area (Å²) in [4.78, 5) is 8.31. The predicted molar refractivity (Wildman–Crippen MR) is 87.8 cm³/mol. The molecule has 0 radical (unpaired) electrons. The lowest BCUT2D eigenvalue weighted by atomic mass is 10.1. The van der Waals surface area contributed by atoms with Gasteiger partial charge in [-0.05, 0) is 22.0 Å². The molecule has 1 unspecified atom stereocenters. The van der Waals surface area contributed by atoms with Crippen LogP contribution < -0.4 is 10.1 Å². The van der Waals surface area contributed by atoms with Crippen molar-refractivity contribution in [2.45, 2.75) is 12.6 Å². The van der Waals surface area contributed by atoms with Crippen LogP contribution in [0.5, 0.6) is 5.06 Å². The van der Waals surface area contributed by atoms with E-state index in [1.165, 1.54) is 4.88 Å². The topological polar surface area (TPSA) is 42.3 Å². The molecule has 0 bridgehead atoms. The van der Waals surface area contributed by atoms with E-state index in [0.29, 0.717) is 6.04 Å². The van der Waals surface area contributed by atoms with Crippen LogP contribution in [0.15, 0.2) is 22.9 Å². The summed E-state index contributed by atoms with van der Waals surface area (Å²) >= 11 is 5.24. The Morgan fingerprint density at radius 1 is 1.57 bits per heavy atom. The monoisotopic (exact) mass is 370 g/mol. The molecule has 0 saturated carbocycles. The van der Waals surface area contributed by atoms with Crippen LogP contribution in [-0.2, 0) is 13.6 Å². The van der Waals surface area contributed by atoms with Crippen molar-refractivity contribution in [1.82, 2.24) is 19.8 Å². The number of methoxy groups -OCH3 is 1. The molecule has 5 nitrogen and oxygen atoms in total. The van der Waals surface area contributed by atoms with E-state index in [9.17, 15) is 0 Å². The summed E-state index contributed by atoms with van der Waals surface area (Å²) in [5.41, 5.74) is 0. The van der Waals surface area contributed by atoms with E-state index < -0.39 is 0 Å². The number of ether oxygens (including phenoxy) is 1. The molecule has 2 aromatic heterocycles. The summed E-state index contributed by atoms with van der Waals surface area (Å²) in [6.07, 6.45) is 3.87. The minimum Gasteiger partial charge on any atom is -0.486 e. The van der Waals surface area contributed by atoms with Gasteiger partial charge in [-0.1, -0.05) is 0 Å². The quantitative estimate of drug-likeness (QED) is 0.897. The largest absolute Gasteiger partial charge is 0.486 e. The van der Waals surface area contributed by atoms with Crippen LogP contribution in [0.3, 0.4) is 0 Å². The van der Waals surface area contributed by atoms with E-state index in [1.54, 1.807) is 18.4 Å². The minimum atomic E-state index is 0.311. The second kappa shape index (κ2) is 6.48. The first-order valence-corrected chi connectivity index (χ1v) is 8.54. The van der Waals surface area contributed by atoms with Gasteiger partial charge in [0.05, 0.1) is 17.6 Å². The van der Waals surface area contributed by atoms with E-state index in [-0.39, 0.29) is 0 Å². The number of aryl methyl sites for hydroxylation is 1. The Kier molecular flexibility index (Phi) is 4.63. The highest BCUT2D eigenvalue weighted by molar-refractivity contribution is 9.10. The Labute approximate surface area is 137 Å². The van der Waals surface area contributed by atoms with Crippen molar-refractivity contribution in [2.24, 2.45) is 7.05 Å². The number of nitrogens with one attached hydrogen (secondary N) is 1. The fourth-order valence-corrected chi connectivity index (χ4v) is 4.42. The molecule has 0 amide bonds. The average molecular weight is 371 g/mol. The van der Waals surface area contributed by atoms with Crippen LogP contribution in [-0.4, -0.2) is 41.2 Å². The number of piperazine rings is 1. The number of aromatic nitrogens is 2. The highest BCUT2D eigenvalue weighted by Crippen LogP contribution is 2.36. The van der Waals surface area contributed by atoms with Crippen molar-refractivity contribution >= 4 is 27.3 Å². The zero-order chi connectivity index (χ0) is 14.8. The summed E-state index contributed by atoms with van der Waals surface area (Å²) in [6, 6.07) is 2.46. The molecule has 21 heavy (non-hydrogen) atoms. The van der Waals surface area contributed by atoms with E-state index in [4.69, 9.17) is 4.74 Å². The third-order valence-electron chi connectivity index (χ3n) is 3.76. The minimum absolute atomic E-state index is 0.311. The van der Waals surface area contributed by atoms with Crippen molar-refractivity contribution in [1.29, 1.82) is 0 Å². The number of rotatable bonds is 4. The molecular weight excluding hydrogens is 352 g/mol. The van der Waals surface area contributed by atoms with E-state index in [1.807, 2.05) is 12.4 Å². The van der Waals surface area contributed by atoms with E-state index >= 15 is 0 Å². The molecular formula is C14H19BrN4OS. The number of thiophene rings is 1. The van der Waals surface area contributed by atoms with E-state index in [0.717, 1.165) is 41.5 Å².